The molecule has 3 aromatic heterocycles. The van der Waals surface area contributed by atoms with Crippen molar-refractivity contribution < 1.29 is 4.74 Å². The topological polar surface area (TPSA) is 98.8 Å². The Morgan fingerprint density at radius 3 is 2.81 bits per heavy atom. The first-order valence-electron chi connectivity index (χ1n) is 8.49. The molecule has 0 saturated heterocycles. The maximum atomic E-state index is 5.94. The SMILES string of the molecule is Cc1cccc(Oc2cnc(N)c(NCc3ccc4ncccc4c3)n2)n1. The summed E-state index contributed by atoms with van der Waals surface area (Å²) < 4.78 is 5.68. The second kappa shape index (κ2) is 7.25. The number of nitrogens with two attached hydrogens (primary N) is 1. The predicted molar refractivity (Wildman–Crippen MR) is 105 cm³/mol. The van der Waals surface area contributed by atoms with Crippen LogP contribution in [-0.4, -0.2) is 19.9 Å². The third-order valence-electron chi connectivity index (χ3n) is 3.98. The molecule has 0 aliphatic carbocycles. The lowest BCUT2D eigenvalue weighted by molar-refractivity contribution is 0.442. The van der Waals surface area contributed by atoms with Crippen LogP contribution in [0.5, 0.6) is 11.8 Å². The molecule has 134 valence electrons. The molecule has 0 aliphatic heterocycles. The summed E-state index contributed by atoms with van der Waals surface area (Å²) in [5.41, 5.74) is 8.85. The van der Waals surface area contributed by atoms with E-state index in [4.69, 9.17) is 10.5 Å². The highest BCUT2D eigenvalue weighted by atomic mass is 16.5. The van der Waals surface area contributed by atoms with Crippen LogP contribution in [0, 0.1) is 6.92 Å². The Hall–Kier alpha value is -3.74. The summed E-state index contributed by atoms with van der Waals surface area (Å²) in [6.07, 6.45) is 3.26. The molecule has 7 heteroatoms. The second-order valence-corrected chi connectivity index (χ2v) is 6.05. The number of anilines is 2. The Labute approximate surface area is 156 Å². The number of aryl methyl sites for hydroxylation is 1. The third-order valence-corrected chi connectivity index (χ3v) is 3.98. The van der Waals surface area contributed by atoms with Gasteiger partial charge in [-0.2, -0.15) is 4.98 Å². The molecule has 4 rings (SSSR count). The summed E-state index contributed by atoms with van der Waals surface area (Å²) in [5.74, 6) is 1.56. The summed E-state index contributed by atoms with van der Waals surface area (Å²) >= 11 is 0. The number of aromatic nitrogens is 4. The fraction of sp³-hybridized carbons (Fsp3) is 0.100. The van der Waals surface area contributed by atoms with Gasteiger partial charge in [-0.1, -0.05) is 18.2 Å². The Bertz CT molecular complexity index is 1100. The van der Waals surface area contributed by atoms with E-state index >= 15 is 0 Å². The van der Waals surface area contributed by atoms with Gasteiger partial charge in [0.15, 0.2) is 11.6 Å². The molecule has 0 saturated carbocycles. The summed E-state index contributed by atoms with van der Waals surface area (Å²) in [5, 5.41) is 4.29. The Morgan fingerprint density at radius 2 is 1.93 bits per heavy atom. The monoisotopic (exact) mass is 358 g/mol. The number of rotatable bonds is 5. The van der Waals surface area contributed by atoms with Gasteiger partial charge in [0.25, 0.3) is 0 Å². The smallest absolute Gasteiger partial charge is 0.241 e. The molecule has 3 N–H and O–H groups in total. The van der Waals surface area contributed by atoms with E-state index < -0.39 is 0 Å². The van der Waals surface area contributed by atoms with E-state index in [2.05, 4.69) is 31.3 Å². The van der Waals surface area contributed by atoms with Crippen LogP contribution < -0.4 is 15.8 Å². The van der Waals surface area contributed by atoms with E-state index in [1.54, 1.807) is 12.3 Å². The van der Waals surface area contributed by atoms with Crippen molar-refractivity contribution in [3.63, 3.8) is 0 Å². The van der Waals surface area contributed by atoms with Gasteiger partial charge in [0.05, 0.1) is 11.7 Å². The fourth-order valence-corrected chi connectivity index (χ4v) is 2.66. The predicted octanol–water partition coefficient (Wildman–Crippen LogP) is 3.71. The van der Waals surface area contributed by atoms with Gasteiger partial charge >= 0.3 is 0 Å². The molecule has 0 aliphatic rings. The molecule has 0 spiro atoms. The maximum Gasteiger partial charge on any atom is 0.241 e. The normalized spacial score (nSPS) is 10.7. The molecule has 1 aromatic carbocycles. The van der Waals surface area contributed by atoms with Crippen molar-refractivity contribution >= 4 is 22.5 Å². The van der Waals surface area contributed by atoms with Crippen molar-refractivity contribution in [3.8, 4) is 11.8 Å². The summed E-state index contributed by atoms with van der Waals surface area (Å²) in [6.45, 7) is 2.45. The van der Waals surface area contributed by atoms with Crippen LogP contribution in [0.15, 0.2) is 60.9 Å². The van der Waals surface area contributed by atoms with Gasteiger partial charge in [-0.3, -0.25) is 4.98 Å². The highest BCUT2D eigenvalue weighted by molar-refractivity contribution is 5.79. The third kappa shape index (κ3) is 3.92. The molecule has 0 unspecified atom stereocenters. The lowest BCUT2D eigenvalue weighted by Gasteiger charge is -2.10. The number of ether oxygens (including phenoxy) is 1. The number of nitrogens with one attached hydrogen (secondary N) is 1. The van der Waals surface area contributed by atoms with Gasteiger partial charge < -0.3 is 15.8 Å². The lowest BCUT2D eigenvalue weighted by Crippen LogP contribution is -2.07. The van der Waals surface area contributed by atoms with E-state index in [-0.39, 0.29) is 0 Å². The van der Waals surface area contributed by atoms with Gasteiger partial charge in [0.2, 0.25) is 11.8 Å². The van der Waals surface area contributed by atoms with Crippen molar-refractivity contribution in [2.45, 2.75) is 13.5 Å². The minimum absolute atomic E-state index is 0.307. The van der Waals surface area contributed by atoms with Crippen LogP contribution in [0.4, 0.5) is 11.6 Å². The quantitative estimate of drug-likeness (QED) is 0.561. The number of fused-ring (bicyclic) bond motifs is 1. The van der Waals surface area contributed by atoms with Crippen molar-refractivity contribution in [3.05, 3.63) is 72.2 Å². The molecule has 0 radical (unpaired) electrons. The molecule has 0 fully saturated rings. The average molecular weight is 358 g/mol. The first-order valence-corrected chi connectivity index (χ1v) is 8.49. The Kier molecular flexibility index (Phi) is 4.49. The fourth-order valence-electron chi connectivity index (χ4n) is 2.66. The van der Waals surface area contributed by atoms with Crippen LogP contribution in [0.25, 0.3) is 10.9 Å². The molecule has 3 heterocycles. The number of benzene rings is 1. The van der Waals surface area contributed by atoms with Crippen LogP contribution in [0.3, 0.4) is 0 Å². The van der Waals surface area contributed by atoms with Crippen molar-refractivity contribution in [2.75, 3.05) is 11.1 Å². The average Bonchev–Trinajstić information content (AvgIpc) is 2.68. The second-order valence-electron chi connectivity index (χ2n) is 6.05. The summed E-state index contributed by atoms with van der Waals surface area (Å²) in [4.78, 5) is 17.2. The van der Waals surface area contributed by atoms with Crippen LogP contribution in [-0.2, 0) is 6.54 Å². The molecule has 0 atom stereocenters. The van der Waals surface area contributed by atoms with Gasteiger partial charge in [0.1, 0.15) is 0 Å². The van der Waals surface area contributed by atoms with Gasteiger partial charge in [-0.15, -0.1) is 0 Å². The standard InChI is InChI=1S/C20H18N6O/c1-13-4-2-6-17(25-13)27-18-12-23-19(21)20(26-18)24-11-14-7-8-16-15(10-14)5-3-9-22-16/h2-10,12H,11H2,1H3,(H2,21,23)(H,24,26). The Morgan fingerprint density at radius 1 is 1.00 bits per heavy atom. The minimum atomic E-state index is 0.307. The first kappa shape index (κ1) is 16.7. The highest BCUT2D eigenvalue weighted by Crippen LogP contribution is 2.22. The molecular weight excluding hydrogens is 340 g/mol. The molecule has 0 amide bonds. The van der Waals surface area contributed by atoms with Crippen LogP contribution in [0.2, 0.25) is 0 Å². The molecule has 4 aromatic rings. The zero-order chi connectivity index (χ0) is 18.6. The largest absolute Gasteiger partial charge is 0.419 e. The van der Waals surface area contributed by atoms with E-state index in [1.807, 2.05) is 43.3 Å². The van der Waals surface area contributed by atoms with Gasteiger partial charge in [-0.05, 0) is 36.8 Å². The zero-order valence-electron chi connectivity index (χ0n) is 14.8. The van der Waals surface area contributed by atoms with E-state index in [0.717, 1.165) is 22.2 Å². The number of hydrogen-bond acceptors (Lipinski definition) is 7. The van der Waals surface area contributed by atoms with Gasteiger partial charge in [0, 0.05) is 29.9 Å². The first-order chi connectivity index (χ1) is 13.2. The summed E-state index contributed by atoms with van der Waals surface area (Å²) in [7, 11) is 0. The lowest BCUT2D eigenvalue weighted by atomic mass is 10.1. The number of pyridine rings is 2. The number of hydrogen-bond donors (Lipinski definition) is 2. The zero-order valence-corrected chi connectivity index (χ0v) is 14.8. The Balaban J connectivity index is 1.50. The summed E-state index contributed by atoms with van der Waals surface area (Å²) in [6, 6.07) is 15.6. The van der Waals surface area contributed by atoms with Crippen LogP contribution >= 0.6 is 0 Å². The molecule has 7 nitrogen and oxygen atoms in total. The molecule has 0 bridgehead atoms. The van der Waals surface area contributed by atoms with E-state index in [1.165, 1.54) is 6.20 Å². The van der Waals surface area contributed by atoms with Crippen molar-refractivity contribution in [2.24, 2.45) is 0 Å². The van der Waals surface area contributed by atoms with E-state index in [9.17, 15) is 0 Å². The van der Waals surface area contributed by atoms with Crippen molar-refractivity contribution in [1.82, 2.24) is 19.9 Å². The number of nitrogen functional groups attached to an aromatic ring is 1. The van der Waals surface area contributed by atoms with E-state index in [0.29, 0.717) is 29.9 Å². The van der Waals surface area contributed by atoms with Gasteiger partial charge in [-0.25, -0.2) is 9.97 Å². The number of nitrogens with zero attached hydrogens (tertiary/aromatic N) is 4. The molecule has 27 heavy (non-hydrogen) atoms. The maximum absolute atomic E-state index is 5.94. The van der Waals surface area contributed by atoms with Crippen LogP contribution in [0.1, 0.15) is 11.3 Å². The minimum Gasteiger partial charge on any atom is -0.419 e. The highest BCUT2D eigenvalue weighted by Gasteiger charge is 2.08. The molecular formula is C20H18N6O. The van der Waals surface area contributed by atoms with Crippen molar-refractivity contribution in [1.29, 1.82) is 0 Å².